The summed E-state index contributed by atoms with van der Waals surface area (Å²) in [7, 11) is -1.26. The first-order chi connectivity index (χ1) is 8.07. The second kappa shape index (κ2) is 5.26. The van der Waals surface area contributed by atoms with Crippen molar-refractivity contribution >= 4 is 8.07 Å². The summed E-state index contributed by atoms with van der Waals surface area (Å²) in [4.78, 5) is 0. The summed E-state index contributed by atoms with van der Waals surface area (Å²) < 4.78 is 0. The lowest BCUT2D eigenvalue weighted by Gasteiger charge is -2.40. The minimum absolute atomic E-state index is 0.141. The van der Waals surface area contributed by atoms with Crippen molar-refractivity contribution in [2.75, 3.05) is 13.2 Å². The molecule has 3 heteroatoms. The molecule has 2 unspecified atom stereocenters. The van der Waals surface area contributed by atoms with Crippen molar-refractivity contribution in [3.05, 3.63) is 0 Å². The van der Waals surface area contributed by atoms with Crippen molar-refractivity contribution in [1.82, 2.24) is 0 Å². The Morgan fingerprint density at radius 1 is 1.11 bits per heavy atom. The summed E-state index contributed by atoms with van der Waals surface area (Å²) in [5.74, 6) is 1.32. The van der Waals surface area contributed by atoms with Crippen molar-refractivity contribution in [3.63, 3.8) is 0 Å². The van der Waals surface area contributed by atoms with Crippen LogP contribution in [0.3, 0.4) is 0 Å². The monoisotopic (exact) mass is 272 g/mol. The van der Waals surface area contributed by atoms with Crippen molar-refractivity contribution < 1.29 is 10.2 Å². The summed E-state index contributed by atoms with van der Waals surface area (Å²) in [6.45, 7) is 14.6. The van der Waals surface area contributed by atoms with Crippen LogP contribution in [-0.4, -0.2) is 31.5 Å². The zero-order valence-corrected chi connectivity index (χ0v) is 14.1. The Morgan fingerprint density at radius 3 is 1.94 bits per heavy atom. The van der Waals surface area contributed by atoms with Gasteiger partial charge in [-0.2, -0.15) is 0 Å². The lowest BCUT2D eigenvalue weighted by molar-refractivity contribution is 0.0557. The van der Waals surface area contributed by atoms with Crippen LogP contribution in [0.15, 0.2) is 0 Å². The molecule has 18 heavy (non-hydrogen) atoms. The summed E-state index contributed by atoms with van der Waals surface area (Å²) in [5.41, 5.74) is -0.202. The summed E-state index contributed by atoms with van der Waals surface area (Å²) in [6, 6.07) is 1.32. The summed E-state index contributed by atoms with van der Waals surface area (Å²) in [6.07, 6.45) is 1.99. The molecule has 2 nitrogen and oxygen atoms in total. The Labute approximate surface area is 114 Å². The van der Waals surface area contributed by atoms with E-state index >= 15 is 0 Å². The Balaban J connectivity index is 2.76. The van der Waals surface area contributed by atoms with Gasteiger partial charge in [-0.25, -0.2) is 0 Å². The fourth-order valence-electron chi connectivity index (χ4n) is 3.23. The molecule has 1 saturated carbocycles. The third kappa shape index (κ3) is 3.17. The normalized spacial score (nSPS) is 28.7. The van der Waals surface area contributed by atoms with Gasteiger partial charge in [0.1, 0.15) is 0 Å². The predicted octanol–water partition coefficient (Wildman–Crippen LogP) is 3.51. The predicted molar refractivity (Wildman–Crippen MR) is 80.5 cm³/mol. The van der Waals surface area contributed by atoms with E-state index in [0.29, 0.717) is 16.9 Å². The minimum atomic E-state index is -1.26. The highest BCUT2D eigenvalue weighted by atomic mass is 28.3. The van der Waals surface area contributed by atoms with E-state index in [1.807, 2.05) is 0 Å². The lowest BCUT2D eigenvalue weighted by atomic mass is 9.87. The molecule has 0 aromatic carbocycles. The molecule has 0 amide bonds. The molecule has 0 heterocycles. The van der Waals surface area contributed by atoms with Crippen LogP contribution < -0.4 is 0 Å². The Kier molecular flexibility index (Phi) is 4.73. The fourth-order valence-corrected chi connectivity index (χ4v) is 5.70. The van der Waals surface area contributed by atoms with Crippen molar-refractivity contribution in [3.8, 4) is 0 Å². The van der Waals surface area contributed by atoms with E-state index in [1.54, 1.807) is 0 Å². The molecule has 0 bridgehead atoms. The van der Waals surface area contributed by atoms with Crippen LogP contribution in [0, 0.1) is 17.3 Å². The zero-order chi connectivity index (χ0) is 14.2. The van der Waals surface area contributed by atoms with Crippen LogP contribution in [0.1, 0.15) is 40.5 Å². The van der Waals surface area contributed by atoms with Gasteiger partial charge < -0.3 is 10.2 Å². The van der Waals surface area contributed by atoms with Gasteiger partial charge in [0.15, 0.2) is 0 Å². The Hall–Kier alpha value is 0.137. The largest absolute Gasteiger partial charge is 0.396 e. The van der Waals surface area contributed by atoms with Crippen molar-refractivity contribution in [1.29, 1.82) is 0 Å². The van der Waals surface area contributed by atoms with Gasteiger partial charge in [-0.05, 0) is 29.7 Å². The van der Waals surface area contributed by atoms with Crippen LogP contribution in [0.5, 0.6) is 0 Å². The summed E-state index contributed by atoms with van der Waals surface area (Å²) >= 11 is 0. The maximum absolute atomic E-state index is 9.56. The fraction of sp³-hybridized carbons (Fsp3) is 1.00. The lowest BCUT2D eigenvalue weighted by Crippen LogP contribution is -2.39. The highest BCUT2D eigenvalue weighted by Gasteiger charge is 2.46. The van der Waals surface area contributed by atoms with Gasteiger partial charge >= 0.3 is 0 Å². The maximum Gasteiger partial charge on any atom is 0.0530 e. The van der Waals surface area contributed by atoms with Gasteiger partial charge in [0, 0.05) is 5.41 Å². The van der Waals surface area contributed by atoms with E-state index in [-0.39, 0.29) is 18.6 Å². The molecule has 0 aromatic heterocycles. The molecule has 2 N–H and O–H groups in total. The van der Waals surface area contributed by atoms with Crippen LogP contribution in [0.25, 0.3) is 0 Å². The number of rotatable bonds is 4. The number of hydrogen-bond acceptors (Lipinski definition) is 2. The van der Waals surface area contributed by atoms with Gasteiger partial charge in [-0.15, -0.1) is 0 Å². The molecule has 108 valence electrons. The quantitative estimate of drug-likeness (QED) is 0.769. The van der Waals surface area contributed by atoms with Gasteiger partial charge in [0.05, 0.1) is 21.3 Å². The third-order valence-electron chi connectivity index (χ3n) is 5.73. The van der Waals surface area contributed by atoms with Crippen molar-refractivity contribution in [2.24, 2.45) is 17.3 Å². The molecular formula is C15H32O2Si. The average molecular weight is 273 g/mol. The standard InChI is InChI=1S/C15H32O2Si/c1-12-7-15(10-16,11-17)8-13(12)9-18(5,6)14(2,3)4/h12-13,16-17H,7-11H2,1-6H3. The van der Waals surface area contributed by atoms with Crippen LogP contribution in [-0.2, 0) is 0 Å². The third-order valence-corrected chi connectivity index (χ3v) is 11.3. The number of aliphatic hydroxyl groups is 2. The molecule has 1 fully saturated rings. The molecular weight excluding hydrogens is 240 g/mol. The van der Waals surface area contributed by atoms with Gasteiger partial charge in [0.25, 0.3) is 0 Å². The van der Waals surface area contributed by atoms with E-state index in [4.69, 9.17) is 0 Å². The highest BCUT2D eigenvalue weighted by Crippen LogP contribution is 2.51. The number of aliphatic hydroxyl groups excluding tert-OH is 2. The van der Waals surface area contributed by atoms with Gasteiger partial charge in [-0.1, -0.05) is 46.8 Å². The molecule has 0 saturated heterocycles. The molecule has 0 radical (unpaired) electrons. The second-order valence-electron chi connectivity index (χ2n) is 8.30. The highest BCUT2D eigenvalue weighted by molar-refractivity contribution is 6.80. The van der Waals surface area contributed by atoms with Crippen LogP contribution in [0.2, 0.25) is 24.2 Å². The van der Waals surface area contributed by atoms with E-state index in [9.17, 15) is 10.2 Å². The molecule has 1 aliphatic carbocycles. The first-order valence-electron chi connectivity index (χ1n) is 7.29. The summed E-state index contributed by atoms with van der Waals surface area (Å²) in [5, 5.41) is 19.6. The molecule has 1 rings (SSSR count). The molecule has 2 atom stereocenters. The zero-order valence-electron chi connectivity index (χ0n) is 13.1. The van der Waals surface area contributed by atoms with Gasteiger partial charge in [-0.3, -0.25) is 0 Å². The Morgan fingerprint density at radius 2 is 1.61 bits per heavy atom. The minimum Gasteiger partial charge on any atom is -0.396 e. The molecule has 0 aliphatic heterocycles. The first-order valence-corrected chi connectivity index (χ1v) is 10.5. The topological polar surface area (TPSA) is 40.5 Å². The van der Waals surface area contributed by atoms with E-state index in [0.717, 1.165) is 12.8 Å². The van der Waals surface area contributed by atoms with E-state index < -0.39 is 8.07 Å². The second-order valence-corrected chi connectivity index (χ2v) is 14.0. The smallest absolute Gasteiger partial charge is 0.0530 e. The van der Waals surface area contributed by atoms with Crippen LogP contribution in [0.4, 0.5) is 0 Å². The van der Waals surface area contributed by atoms with E-state index in [1.165, 1.54) is 6.04 Å². The SMILES string of the molecule is CC1CC(CO)(CO)CC1C[Si](C)(C)C(C)(C)C. The molecule has 1 aliphatic rings. The molecule has 0 aromatic rings. The van der Waals surface area contributed by atoms with Crippen molar-refractivity contribution in [2.45, 2.75) is 64.7 Å². The van der Waals surface area contributed by atoms with Crippen LogP contribution >= 0.6 is 0 Å². The maximum atomic E-state index is 9.56. The van der Waals surface area contributed by atoms with Gasteiger partial charge in [0.2, 0.25) is 0 Å². The Bertz CT molecular complexity index is 277. The van der Waals surface area contributed by atoms with E-state index in [2.05, 4.69) is 40.8 Å². The first kappa shape index (κ1) is 16.2. The average Bonchev–Trinajstić information content (AvgIpc) is 2.54. The number of hydrogen-bond donors (Lipinski definition) is 2. The molecule has 0 spiro atoms.